The average molecular weight is 201 g/mol. The van der Waals surface area contributed by atoms with E-state index in [0.717, 1.165) is 6.42 Å². The first kappa shape index (κ1) is 13.9. The van der Waals surface area contributed by atoms with Crippen molar-refractivity contribution in [3.8, 4) is 0 Å². The summed E-state index contributed by atoms with van der Waals surface area (Å²) in [6.45, 7) is 8.81. The third kappa shape index (κ3) is 6.39. The van der Waals surface area contributed by atoms with Crippen molar-refractivity contribution >= 4 is 0 Å². The van der Waals surface area contributed by atoms with Gasteiger partial charge in [0.15, 0.2) is 0 Å². The normalized spacial score (nSPS) is 15.9. The van der Waals surface area contributed by atoms with Crippen LogP contribution in [-0.4, -0.2) is 23.3 Å². The summed E-state index contributed by atoms with van der Waals surface area (Å²) in [6.07, 6.45) is 6.15. The second-order valence-electron chi connectivity index (χ2n) is 4.83. The molecule has 0 aromatic heterocycles. The van der Waals surface area contributed by atoms with E-state index in [1.54, 1.807) is 0 Å². The van der Waals surface area contributed by atoms with Gasteiger partial charge in [0.1, 0.15) is 0 Å². The van der Waals surface area contributed by atoms with Gasteiger partial charge in [0.25, 0.3) is 0 Å². The summed E-state index contributed by atoms with van der Waals surface area (Å²) in [5.74, 6) is 0. The van der Waals surface area contributed by atoms with Crippen molar-refractivity contribution < 1.29 is 5.11 Å². The maximum Gasteiger partial charge on any atom is 0.0610 e. The predicted molar refractivity (Wildman–Crippen MR) is 62.5 cm³/mol. The molecule has 0 saturated carbocycles. The number of hydrogen-bond acceptors (Lipinski definition) is 2. The highest BCUT2D eigenvalue weighted by molar-refractivity contribution is 4.83. The quantitative estimate of drug-likeness (QED) is 0.592. The lowest BCUT2D eigenvalue weighted by atomic mass is 9.94. The van der Waals surface area contributed by atoms with Crippen LogP contribution in [0, 0.1) is 0 Å². The van der Waals surface area contributed by atoms with E-state index in [9.17, 15) is 5.11 Å². The van der Waals surface area contributed by atoms with Gasteiger partial charge >= 0.3 is 0 Å². The van der Waals surface area contributed by atoms with Gasteiger partial charge in [0.2, 0.25) is 0 Å². The third-order valence-corrected chi connectivity index (χ3v) is 2.57. The van der Waals surface area contributed by atoms with Gasteiger partial charge < -0.3 is 10.4 Å². The minimum atomic E-state index is -0.0814. The van der Waals surface area contributed by atoms with Crippen LogP contribution >= 0.6 is 0 Å². The van der Waals surface area contributed by atoms with Gasteiger partial charge in [-0.05, 0) is 13.3 Å². The maximum absolute atomic E-state index is 9.33. The third-order valence-electron chi connectivity index (χ3n) is 2.57. The van der Waals surface area contributed by atoms with Gasteiger partial charge in [-0.1, -0.05) is 46.5 Å². The summed E-state index contributed by atoms with van der Waals surface area (Å²) in [6, 6.07) is 0.443. The standard InChI is InChI=1S/C12H27NO/c1-5-6-7-8-9-12(4,10-14)13-11(2)3/h11,13-14H,5-10H2,1-4H3. The van der Waals surface area contributed by atoms with E-state index in [1.807, 2.05) is 0 Å². The fourth-order valence-electron chi connectivity index (χ4n) is 1.84. The Hall–Kier alpha value is -0.0800. The Balaban J connectivity index is 3.75. The molecule has 0 bridgehead atoms. The van der Waals surface area contributed by atoms with Gasteiger partial charge in [-0.15, -0.1) is 0 Å². The Labute approximate surface area is 89.1 Å². The molecule has 0 heterocycles. The molecule has 0 saturated heterocycles. The van der Waals surface area contributed by atoms with E-state index in [1.165, 1.54) is 25.7 Å². The Morgan fingerprint density at radius 3 is 2.29 bits per heavy atom. The Morgan fingerprint density at radius 2 is 1.86 bits per heavy atom. The first-order chi connectivity index (χ1) is 6.54. The molecule has 0 amide bonds. The van der Waals surface area contributed by atoms with Crippen LogP contribution in [0.3, 0.4) is 0 Å². The smallest absolute Gasteiger partial charge is 0.0610 e. The van der Waals surface area contributed by atoms with E-state index in [2.05, 4.69) is 33.0 Å². The van der Waals surface area contributed by atoms with Gasteiger partial charge in [-0.2, -0.15) is 0 Å². The fourth-order valence-corrected chi connectivity index (χ4v) is 1.84. The molecular formula is C12H27NO. The van der Waals surface area contributed by atoms with Crippen LogP contribution in [0.1, 0.15) is 59.8 Å². The van der Waals surface area contributed by atoms with Crippen LogP contribution in [0.2, 0.25) is 0 Å². The molecule has 0 aliphatic rings. The first-order valence-corrected chi connectivity index (χ1v) is 5.92. The molecule has 0 radical (unpaired) electrons. The first-order valence-electron chi connectivity index (χ1n) is 5.92. The Bertz CT molecular complexity index is 136. The van der Waals surface area contributed by atoms with Crippen molar-refractivity contribution in [2.75, 3.05) is 6.61 Å². The molecule has 0 fully saturated rings. The summed E-state index contributed by atoms with van der Waals surface area (Å²) >= 11 is 0. The minimum absolute atomic E-state index is 0.0814. The molecular weight excluding hydrogens is 174 g/mol. The van der Waals surface area contributed by atoms with Gasteiger partial charge in [0.05, 0.1) is 6.61 Å². The molecule has 0 rings (SSSR count). The van der Waals surface area contributed by atoms with E-state index >= 15 is 0 Å². The van der Waals surface area contributed by atoms with Crippen LogP contribution in [0.4, 0.5) is 0 Å². The predicted octanol–water partition coefficient (Wildman–Crippen LogP) is 2.71. The van der Waals surface area contributed by atoms with Crippen molar-refractivity contribution in [2.45, 2.75) is 71.4 Å². The number of aliphatic hydroxyl groups is 1. The molecule has 14 heavy (non-hydrogen) atoms. The highest BCUT2D eigenvalue weighted by atomic mass is 16.3. The molecule has 1 unspecified atom stereocenters. The topological polar surface area (TPSA) is 32.3 Å². The molecule has 2 N–H and O–H groups in total. The number of nitrogens with one attached hydrogen (secondary N) is 1. The van der Waals surface area contributed by atoms with Crippen molar-refractivity contribution in [3.63, 3.8) is 0 Å². The number of aliphatic hydroxyl groups excluding tert-OH is 1. The Morgan fingerprint density at radius 1 is 1.21 bits per heavy atom. The van der Waals surface area contributed by atoms with E-state index in [4.69, 9.17) is 0 Å². The molecule has 0 aliphatic heterocycles. The molecule has 86 valence electrons. The Kier molecular flexibility index (Phi) is 7.20. The summed E-state index contributed by atoms with van der Waals surface area (Å²) in [4.78, 5) is 0. The minimum Gasteiger partial charge on any atom is -0.394 e. The van der Waals surface area contributed by atoms with Crippen molar-refractivity contribution in [1.82, 2.24) is 5.32 Å². The molecule has 1 atom stereocenters. The van der Waals surface area contributed by atoms with Crippen molar-refractivity contribution in [2.24, 2.45) is 0 Å². The molecule has 2 heteroatoms. The SMILES string of the molecule is CCCCCCC(C)(CO)NC(C)C. The van der Waals surface area contributed by atoms with E-state index in [-0.39, 0.29) is 12.1 Å². The summed E-state index contributed by atoms with van der Waals surface area (Å²) in [7, 11) is 0. The lowest BCUT2D eigenvalue weighted by molar-refractivity contribution is 0.154. The lowest BCUT2D eigenvalue weighted by Crippen LogP contribution is -2.49. The van der Waals surface area contributed by atoms with Crippen LogP contribution < -0.4 is 5.32 Å². The largest absolute Gasteiger partial charge is 0.394 e. The summed E-state index contributed by atoms with van der Waals surface area (Å²) < 4.78 is 0. The molecule has 0 spiro atoms. The monoisotopic (exact) mass is 201 g/mol. The maximum atomic E-state index is 9.33. The van der Waals surface area contributed by atoms with Crippen molar-refractivity contribution in [3.05, 3.63) is 0 Å². The number of unbranched alkanes of at least 4 members (excludes halogenated alkanes) is 3. The highest BCUT2D eigenvalue weighted by Gasteiger charge is 2.22. The van der Waals surface area contributed by atoms with Gasteiger partial charge in [-0.25, -0.2) is 0 Å². The molecule has 0 aromatic carbocycles. The summed E-state index contributed by atoms with van der Waals surface area (Å²) in [5, 5.41) is 12.8. The zero-order chi connectivity index (χ0) is 11.0. The molecule has 0 aliphatic carbocycles. The van der Waals surface area contributed by atoms with Crippen LogP contribution in [0.25, 0.3) is 0 Å². The second kappa shape index (κ2) is 7.24. The van der Waals surface area contributed by atoms with Crippen molar-refractivity contribution in [1.29, 1.82) is 0 Å². The number of hydrogen-bond donors (Lipinski definition) is 2. The molecule has 2 nitrogen and oxygen atoms in total. The zero-order valence-electron chi connectivity index (χ0n) is 10.3. The van der Waals surface area contributed by atoms with Crippen LogP contribution in [0.5, 0.6) is 0 Å². The van der Waals surface area contributed by atoms with E-state index < -0.39 is 0 Å². The van der Waals surface area contributed by atoms with E-state index in [0.29, 0.717) is 6.04 Å². The average Bonchev–Trinajstić information content (AvgIpc) is 2.11. The summed E-state index contributed by atoms with van der Waals surface area (Å²) in [5.41, 5.74) is -0.0814. The van der Waals surface area contributed by atoms with Gasteiger partial charge in [0, 0.05) is 11.6 Å². The van der Waals surface area contributed by atoms with Crippen LogP contribution in [-0.2, 0) is 0 Å². The highest BCUT2D eigenvalue weighted by Crippen LogP contribution is 2.15. The van der Waals surface area contributed by atoms with Crippen LogP contribution in [0.15, 0.2) is 0 Å². The molecule has 0 aromatic rings. The fraction of sp³-hybridized carbons (Fsp3) is 1.00. The van der Waals surface area contributed by atoms with Gasteiger partial charge in [-0.3, -0.25) is 0 Å². The second-order valence-corrected chi connectivity index (χ2v) is 4.83. The lowest BCUT2D eigenvalue weighted by Gasteiger charge is -2.31. The number of rotatable bonds is 8. The zero-order valence-corrected chi connectivity index (χ0v) is 10.3.